The van der Waals surface area contributed by atoms with E-state index < -0.39 is 5.97 Å². The average molecular weight is 414 g/mol. The number of ether oxygens (including phenoxy) is 2. The van der Waals surface area contributed by atoms with Crippen molar-refractivity contribution in [1.82, 2.24) is 9.97 Å². The Morgan fingerprint density at radius 1 is 1.42 bits per heavy atom. The zero-order chi connectivity index (χ0) is 17.5. The Hall–Kier alpha value is -2.00. The van der Waals surface area contributed by atoms with Gasteiger partial charge in [0.25, 0.3) is 0 Å². The van der Waals surface area contributed by atoms with Crippen LogP contribution in [-0.2, 0) is 9.53 Å². The van der Waals surface area contributed by atoms with Crippen molar-refractivity contribution in [3.05, 3.63) is 34.6 Å². The van der Waals surface area contributed by atoms with Crippen molar-refractivity contribution >= 4 is 45.3 Å². The number of aromatic nitrogens is 2. The first-order valence-electron chi connectivity index (χ1n) is 7.02. The molecule has 7 nitrogen and oxygen atoms in total. The monoisotopic (exact) mass is 413 g/mol. The highest BCUT2D eigenvalue weighted by molar-refractivity contribution is 9.10. The summed E-state index contributed by atoms with van der Waals surface area (Å²) in [5.74, 6) is 0.156. The standard InChI is InChI=1S/C15H16BrN3O4S/c1-3-23-14(21)11-7-17-15(19-11)24-8-13(20)18-9-4-5-12(22-2)10(16)6-9/h4-7H,3,8H2,1-2H3,(H,17,19)(H,18,20). The van der Waals surface area contributed by atoms with Crippen molar-refractivity contribution in [3.63, 3.8) is 0 Å². The second-order valence-corrected chi connectivity index (χ2v) is 6.32. The third-order valence-corrected chi connectivity index (χ3v) is 4.32. The fourth-order valence-corrected chi connectivity index (χ4v) is 2.95. The number of halogens is 1. The van der Waals surface area contributed by atoms with E-state index in [9.17, 15) is 9.59 Å². The molecule has 0 bridgehead atoms. The van der Waals surface area contributed by atoms with Crippen LogP contribution in [0, 0.1) is 0 Å². The van der Waals surface area contributed by atoms with E-state index >= 15 is 0 Å². The molecule has 128 valence electrons. The highest BCUT2D eigenvalue weighted by atomic mass is 79.9. The Morgan fingerprint density at radius 2 is 2.21 bits per heavy atom. The van der Waals surface area contributed by atoms with Crippen molar-refractivity contribution in [2.45, 2.75) is 12.1 Å². The summed E-state index contributed by atoms with van der Waals surface area (Å²) in [6.07, 6.45) is 1.46. The van der Waals surface area contributed by atoms with E-state index in [1.807, 2.05) is 0 Å². The number of thioether (sulfide) groups is 1. The number of nitrogens with zero attached hydrogens (tertiary/aromatic N) is 1. The van der Waals surface area contributed by atoms with Gasteiger partial charge >= 0.3 is 5.97 Å². The maximum Gasteiger partial charge on any atom is 0.358 e. The largest absolute Gasteiger partial charge is 0.496 e. The number of benzene rings is 1. The van der Waals surface area contributed by atoms with E-state index in [4.69, 9.17) is 9.47 Å². The van der Waals surface area contributed by atoms with Crippen molar-refractivity contribution < 1.29 is 19.1 Å². The molecule has 0 aliphatic rings. The van der Waals surface area contributed by atoms with Crippen molar-refractivity contribution in [2.75, 3.05) is 24.8 Å². The zero-order valence-electron chi connectivity index (χ0n) is 13.1. The molecular weight excluding hydrogens is 398 g/mol. The average Bonchev–Trinajstić information content (AvgIpc) is 3.02. The molecule has 9 heteroatoms. The number of nitrogens with one attached hydrogen (secondary N) is 2. The minimum atomic E-state index is -0.492. The number of hydrogen-bond donors (Lipinski definition) is 2. The molecule has 2 aromatic rings. The first kappa shape index (κ1) is 18.3. The number of anilines is 1. The maximum atomic E-state index is 12.0. The highest BCUT2D eigenvalue weighted by Gasteiger charge is 2.13. The number of imidazole rings is 1. The Bertz CT molecular complexity index is 735. The number of carbonyl (C=O) groups is 2. The summed E-state index contributed by atoms with van der Waals surface area (Å²) in [4.78, 5) is 30.4. The Morgan fingerprint density at radius 3 is 2.88 bits per heavy atom. The lowest BCUT2D eigenvalue weighted by molar-refractivity contribution is -0.113. The van der Waals surface area contributed by atoms with E-state index in [-0.39, 0.29) is 24.0 Å². The van der Waals surface area contributed by atoms with E-state index in [1.165, 1.54) is 18.0 Å². The predicted molar refractivity (Wildman–Crippen MR) is 94.6 cm³/mol. The molecule has 0 atom stereocenters. The number of rotatable bonds is 7. The van der Waals surface area contributed by atoms with Crippen LogP contribution in [0.15, 0.2) is 34.0 Å². The summed E-state index contributed by atoms with van der Waals surface area (Å²) in [5, 5.41) is 3.25. The topological polar surface area (TPSA) is 93.3 Å². The number of carbonyl (C=O) groups excluding carboxylic acids is 2. The van der Waals surface area contributed by atoms with Gasteiger partial charge in [-0.15, -0.1) is 0 Å². The lowest BCUT2D eigenvalue weighted by Gasteiger charge is -2.07. The number of aromatic amines is 1. The molecule has 0 fully saturated rings. The first-order chi connectivity index (χ1) is 11.5. The number of hydrogen-bond acceptors (Lipinski definition) is 6. The van der Waals surface area contributed by atoms with Gasteiger partial charge in [0, 0.05) is 11.9 Å². The molecule has 2 N–H and O–H groups in total. The van der Waals surface area contributed by atoms with Crippen molar-refractivity contribution in [1.29, 1.82) is 0 Å². The number of H-pyrrole nitrogens is 1. The minimum Gasteiger partial charge on any atom is -0.496 e. The maximum absolute atomic E-state index is 12.0. The summed E-state index contributed by atoms with van der Waals surface area (Å²) < 4.78 is 10.7. The van der Waals surface area contributed by atoms with Crippen molar-refractivity contribution in [3.8, 4) is 5.75 Å². The van der Waals surface area contributed by atoms with Crippen LogP contribution < -0.4 is 10.1 Å². The van der Waals surface area contributed by atoms with Gasteiger partial charge in [-0.25, -0.2) is 9.78 Å². The van der Waals surface area contributed by atoms with Crippen LogP contribution in [0.5, 0.6) is 5.75 Å². The van der Waals surface area contributed by atoms with Gasteiger partial charge < -0.3 is 19.8 Å². The number of amides is 1. The minimum absolute atomic E-state index is 0.152. The predicted octanol–water partition coefficient (Wildman–Crippen LogP) is 3.09. The highest BCUT2D eigenvalue weighted by Crippen LogP contribution is 2.27. The Kier molecular flexibility index (Phi) is 6.68. The van der Waals surface area contributed by atoms with Crippen LogP contribution in [0.25, 0.3) is 0 Å². The van der Waals surface area contributed by atoms with Crippen LogP contribution in [-0.4, -0.2) is 41.3 Å². The van der Waals surface area contributed by atoms with Gasteiger partial charge in [0.15, 0.2) is 10.9 Å². The molecule has 0 saturated carbocycles. The van der Waals surface area contributed by atoms with Gasteiger partial charge in [-0.1, -0.05) is 11.8 Å². The lowest BCUT2D eigenvalue weighted by Crippen LogP contribution is -2.14. The normalized spacial score (nSPS) is 10.3. The van der Waals surface area contributed by atoms with Gasteiger partial charge in [0.2, 0.25) is 5.91 Å². The lowest BCUT2D eigenvalue weighted by atomic mass is 10.3. The van der Waals surface area contributed by atoms with Crippen molar-refractivity contribution in [2.24, 2.45) is 0 Å². The Labute approximate surface area is 151 Å². The van der Waals surface area contributed by atoms with Gasteiger partial charge in [0.05, 0.1) is 23.9 Å². The summed E-state index contributed by atoms with van der Waals surface area (Å²) in [6, 6.07) is 5.26. The van der Waals surface area contributed by atoms with Gasteiger partial charge in [-0.3, -0.25) is 4.79 Å². The number of methoxy groups -OCH3 is 1. The third kappa shape index (κ3) is 5.00. The molecule has 1 amide bonds. The van der Waals surface area contributed by atoms with E-state index in [0.717, 1.165) is 4.47 Å². The molecule has 1 heterocycles. The zero-order valence-corrected chi connectivity index (χ0v) is 15.5. The fraction of sp³-hybridized carbons (Fsp3) is 0.267. The van der Waals surface area contributed by atoms with Crippen LogP contribution in [0.2, 0.25) is 0 Å². The second-order valence-electron chi connectivity index (χ2n) is 4.50. The summed E-state index contributed by atoms with van der Waals surface area (Å²) in [7, 11) is 1.57. The smallest absolute Gasteiger partial charge is 0.358 e. The molecule has 0 aliphatic carbocycles. The molecule has 0 radical (unpaired) electrons. The first-order valence-corrected chi connectivity index (χ1v) is 8.80. The van der Waals surface area contributed by atoms with Crippen LogP contribution in [0.1, 0.15) is 17.4 Å². The fourth-order valence-electron chi connectivity index (χ4n) is 1.76. The summed E-state index contributed by atoms with van der Waals surface area (Å²) in [6.45, 7) is 2.01. The van der Waals surface area contributed by atoms with Gasteiger partial charge in [-0.05, 0) is 41.1 Å². The second kappa shape index (κ2) is 8.74. The van der Waals surface area contributed by atoms with Crippen LogP contribution >= 0.6 is 27.7 Å². The summed E-state index contributed by atoms with van der Waals surface area (Å²) >= 11 is 4.55. The molecule has 0 unspecified atom stereocenters. The molecule has 1 aromatic carbocycles. The van der Waals surface area contributed by atoms with E-state index in [2.05, 4.69) is 31.2 Å². The quantitative estimate of drug-likeness (QED) is 0.534. The molecule has 0 aliphatic heterocycles. The molecule has 0 spiro atoms. The van der Waals surface area contributed by atoms with E-state index in [1.54, 1.807) is 32.2 Å². The van der Waals surface area contributed by atoms with Crippen LogP contribution in [0.4, 0.5) is 5.69 Å². The number of esters is 1. The molecule has 0 saturated heterocycles. The van der Waals surface area contributed by atoms with Crippen LogP contribution in [0.3, 0.4) is 0 Å². The SMILES string of the molecule is CCOC(=O)c1c[nH]c(SCC(=O)Nc2ccc(OC)c(Br)c2)n1. The van der Waals surface area contributed by atoms with Gasteiger partial charge in [-0.2, -0.15) is 0 Å². The van der Waals surface area contributed by atoms with E-state index in [0.29, 0.717) is 16.6 Å². The molecule has 24 heavy (non-hydrogen) atoms. The summed E-state index contributed by atoms with van der Waals surface area (Å²) in [5.41, 5.74) is 0.846. The Balaban J connectivity index is 1.87. The van der Waals surface area contributed by atoms with Gasteiger partial charge in [0.1, 0.15) is 5.75 Å². The molecule has 2 rings (SSSR count). The molecule has 1 aromatic heterocycles. The molecular formula is C15H16BrN3O4S. The third-order valence-electron chi connectivity index (χ3n) is 2.81.